The van der Waals surface area contributed by atoms with Crippen LogP contribution in [0.25, 0.3) is 0 Å². The lowest BCUT2D eigenvalue weighted by Gasteiger charge is -2.01. The molecular formula is C18H17FN4OS. The summed E-state index contributed by atoms with van der Waals surface area (Å²) in [6, 6.07) is 10.2. The zero-order valence-corrected chi connectivity index (χ0v) is 14.5. The van der Waals surface area contributed by atoms with Gasteiger partial charge in [-0.3, -0.25) is 5.10 Å². The molecule has 0 radical (unpaired) electrons. The molecule has 0 aliphatic heterocycles. The van der Waals surface area contributed by atoms with Crippen LogP contribution in [0.5, 0.6) is 0 Å². The van der Waals surface area contributed by atoms with E-state index in [1.807, 2.05) is 12.1 Å². The Morgan fingerprint density at radius 1 is 1.36 bits per heavy atom. The van der Waals surface area contributed by atoms with Crippen LogP contribution in [-0.4, -0.2) is 21.1 Å². The minimum atomic E-state index is -0.265. The van der Waals surface area contributed by atoms with Crippen molar-refractivity contribution in [3.8, 4) is 0 Å². The van der Waals surface area contributed by atoms with Crippen molar-refractivity contribution in [2.24, 2.45) is 11.0 Å². The molecule has 1 aliphatic carbocycles. The van der Waals surface area contributed by atoms with Crippen molar-refractivity contribution in [3.05, 3.63) is 69.9 Å². The van der Waals surface area contributed by atoms with Gasteiger partial charge in [-0.2, -0.15) is 14.9 Å². The van der Waals surface area contributed by atoms with Gasteiger partial charge in [-0.1, -0.05) is 19.1 Å². The van der Waals surface area contributed by atoms with Gasteiger partial charge in [0.25, 0.3) is 0 Å². The molecular weight excluding hydrogens is 339 g/mol. The molecule has 1 aliphatic rings. The summed E-state index contributed by atoms with van der Waals surface area (Å²) in [6.07, 6.45) is 3.31. The van der Waals surface area contributed by atoms with Crippen LogP contribution in [0.2, 0.25) is 0 Å². The molecule has 2 atom stereocenters. The number of aromatic nitrogens is 3. The minimum Gasteiger partial charge on any atom is -0.460 e. The fourth-order valence-corrected chi connectivity index (χ4v) is 3.01. The summed E-state index contributed by atoms with van der Waals surface area (Å²) >= 11 is 5.24. The Morgan fingerprint density at radius 3 is 2.84 bits per heavy atom. The van der Waals surface area contributed by atoms with Crippen LogP contribution in [0, 0.1) is 16.5 Å². The van der Waals surface area contributed by atoms with Gasteiger partial charge in [0.1, 0.15) is 17.3 Å². The van der Waals surface area contributed by atoms with E-state index in [9.17, 15) is 4.39 Å². The molecule has 4 rings (SSSR count). The number of benzene rings is 1. The Kier molecular flexibility index (Phi) is 4.09. The number of nitrogens with zero attached hydrogens (tertiary/aromatic N) is 3. The van der Waals surface area contributed by atoms with Gasteiger partial charge < -0.3 is 4.42 Å². The molecule has 7 heteroatoms. The predicted molar refractivity (Wildman–Crippen MR) is 94.8 cm³/mol. The molecule has 2 heterocycles. The number of hydrogen-bond donors (Lipinski definition) is 1. The van der Waals surface area contributed by atoms with Crippen LogP contribution in [0.4, 0.5) is 4.39 Å². The number of nitrogens with one attached hydrogen (secondary N) is 1. The van der Waals surface area contributed by atoms with Crippen LogP contribution in [-0.2, 0) is 6.42 Å². The molecule has 0 unspecified atom stereocenters. The first-order valence-corrected chi connectivity index (χ1v) is 8.56. The second-order valence-corrected chi connectivity index (χ2v) is 6.75. The van der Waals surface area contributed by atoms with Gasteiger partial charge in [-0.05, 0) is 54.4 Å². The van der Waals surface area contributed by atoms with E-state index in [0.29, 0.717) is 34.6 Å². The topological polar surface area (TPSA) is 59.1 Å². The molecule has 5 nitrogen and oxygen atoms in total. The van der Waals surface area contributed by atoms with E-state index >= 15 is 0 Å². The zero-order chi connectivity index (χ0) is 17.4. The summed E-state index contributed by atoms with van der Waals surface area (Å²) in [5.41, 5.74) is 0.926. The Labute approximate surface area is 149 Å². The maximum atomic E-state index is 13.0. The largest absolute Gasteiger partial charge is 0.460 e. The summed E-state index contributed by atoms with van der Waals surface area (Å²) in [6.45, 7) is 2.22. The van der Waals surface area contributed by atoms with Gasteiger partial charge in [0.15, 0.2) is 5.82 Å². The lowest BCUT2D eigenvalue weighted by Crippen LogP contribution is -2.00. The van der Waals surface area contributed by atoms with Gasteiger partial charge >= 0.3 is 0 Å². The smallest absolute Gasteiger partial charge is 0.216 e. The lowest BCUT2D eigenvalue weighted by molar-refractivity contribution is 0.500. The highest BCUT2D eigenvalue weighted by molar-refractivity contribution is 7.71. The first-order valence-electron chi connectivity index (χ1n) is 8.15. The van der Waals surface area contributed by atoms with Gasteiger partial charge in [0.05, 0.1) is 6.21 Å². The highest BCUT2D eigenvalue weighted by Gasteiger charge is 2.36. The number of furan rings is 1. The normalized spacial score (nSPS) is 19.6. The van der Waals surface area contributed by atoms with Crippen molar-refractivity contribution in [3.63, 3.8) is 0 Å². The zero-order valence-electron chi connectivity index (χ0n) is 13.6. The van der Waals surface area contributed by atoms with Crippen molar-refractivity contribution in [1.29, 1.82) is 0 Å². The molecule has 1 fully saturated rings. The quantitative estimate of drug-likeness (QED) is 0.549. The fraction of sp³-hybridized carbons (Fsp3) is 0.278. The van der Waals surface area contributed by atoms with E-state index in [0.717, 1.165) is 11.3 Å². The standard InChI is InChI=1S/C18H17FN4OS/c1-11-8-15(11)16-7-6-14(24-16)10-20-23-17(21-22-18(23)25)9-12-2-4-13(19)5-3-12/h2-7,10-11,15H,8-9H2,1H3,(H,22,25)/b20-10-/t11-,15+/m1/s1. The summed E-state index contributed by atoms with van der Waals surface area (Å²) in [4.78, 5) is 0. The Morgan fingerprint density at radius 2 is 2.12 bits per heavy atom. The number of H-pyrrole nitrogens is 1. The first kappa shape index (κ1) is 16.0. The third-order valence-corrected chi connectivity index (χ3v) is 4.68. The van der Waals surface area contributed by atoms with Gasteiger partial charge in [-0.15, -0.1) is 0 Å². The number of rotatable bonds is 5. The summed E-state index contributed by atoms with van der Waals surface area (Å²) in [5, 5.41) is 11.3. The van der Waals surface area contributed by atoms with Crippen LogP contribution in [0.1, 0.15) is 42.2 Å². The minimum absolute atomic E-state index is 0.265. The molecule has 25 heavy (non-hydrogen) atoms. The molecule has 1 saturated carbocycles. The molecule has 0 bridgehead atoms. The van der Waals surface area contributed by atoms with E-state index in [4.69, 9.17) is 16.6 Å². The lowest BCUT2D eigenvalue weighted by atomic mass is 10.1. The van der Waals surface area contributed by atoms with Crippen LogP contribution >= 0.6 is 12.2 Å². The third kappa shape index (κ3) is 3.46. The van der Waals surface area contributed by atoms with Gasteiger partial charge in [0.2, 0.25) is 4.77 Å². The van der Waals surface area contributed by atoms with Crippen LogP contribution < -0.4 is 0 Å². The molecule has 0 saturated heterocycles. The van der Waals surface area contributed by atoms with E-state index in [1.54, 1.807) is 23.0 Å². The van der Waals surface area contributed by atoms with E-state index in [1.165, 1.54) is 18.6 Å². The summed E-state index contributed by atoms with van der Waals surface area (Å²) in [7, 11) is 0. The third-order valence-electron chi connectivity index (χ3n) is 4.42. The number of halogens is 1. The van der Waals surface area contributed by atoms with Gasteiger partial charge in [-0.25, -0.2) is 4.39 Å². The fourth-order valence-electron chi connectivity index (χ4n) is 2.81. The van der Waals surface area contributed by atoms with Crippen molar-refractivity contribution in [1.82, 2.24) is 14.9 Å². The van der Waals surface area contributed by atoms with Crippen LogP contribution in [0.3, 0.4) is 0 Å². The predicted octanol–water partition coefficient (Wildman–Crippen LogP) is 4.27. The SMILES string of the molecule is C[C@@H]1C[C@@H]1c1ccc(/C=N\n2c(Cc3ccc(F)cc3)n[nH]c2=S)o1. The number of aromatic amines is 1. The molecule has 0 spiro atoms. The molecule has 0 amide bonds. The molecule has 2 aromatic heterocycles. The Balaban J connectivity index is 1.54. The summed E-state index contributed by atoms with van der Waals surface area (Å²) < 4.78 is 20.8. The second-order valence-electron chi connectivity index (χ2n) is 6.36. The van der Waals surface area contributed by atoms with E-state index in [2.05, 4.69) is 22.2 Å². The first-order chi connectivity index (χ1) is 12.1. The van der Waals surface area contributed by atoms with Crippen molar-refractivity contribution in [2.45, 2.75) is 25.7 Å². The molecule has 3 aromatic rings. The van der Waals surface area contributed by atoms with Crippen molar-refractivity contribution >= 4 is 18.4 Å². The highest BCUT2D eigenvalue weighted by atomic mass is 32.1. The maximum absolute atomic E-state index is 13.0. The number of hydrogen-bond acceptors (Lipinski definition) is 4. The molecule has 1 N–H and O–H groups in total. The van der Waals surface area contributed by atoms with Crippen molar-refractivity contribution < 1.29 is 8.81 Å². The monoisotopic (exact) mass is 356 g/mol. The van der Waals surface area contributed by atoms with Crippen molar-refractivity contribution in [2.75, 3.05) is 0 Å². The van der Waals surface area contributed by atoms with E-state index < -0.39 is 0 Å². The van der Waals surface area contributed by atoms with Gasteiger partial charge in [0, 0.05) is 12.3 Å². The molecule has 128 valence electrons. The van der Waals surface area contributed by atoms with E-state index in [-0.39, 0.29) is 5.82 Å². The average molecular weight is 356 g/mol. The molecule has 1 aromatic carbocycles. The second kappa shape index (κ2) is 6.40. The Hall–Kier alpha value is -2.54. The Bertz CT molecular complexity index is 970. The van der Waals surface area contributed by atoms with Crippen LogP contribution in [0.15, 0.2) is 45.9 Å². The highest BCUT2D eigenvalue weighted by Crippen LogP contribution is 2.47. The maximum Gasteiger partial charge on any atom is 0.216 e. The summed E-state index contributed by atoms with van der Waals surface area (Å²) in [5.74, 6) is 3.31. The average Bonchev–Trinajstić information content (AvgIpc) is 3.01.